The van der Waals surface area contributed by atoms with Crippen molar-refractivity contribution in [1.29, 1.82) is 0 Å². The third-order valence-electron chi connectivity index (χ3n) is 4.72. The second kappa shape index (κ2) is 10.7. The van der Waals surface area contributed by atoms with Crippen LogP contribution in [-0.2, 0) is 26.7 Å². The van der Waals surface area contributed by atoms with Gasteiger partial charge in [-0.3, -0.25) is 14.3 Å². The Labute approximate surface area is 202 Å². The molecule has 12 heteroatoms. The number of anilines is 3. The molecule has 10 nitrogen and oxygen atoms in total. The SMILES string of the molecule is CCC(=O)Nc1ccc(NC(=O)CSc2nnc(-c3ccc(NS(C)(=O)=O)cc3)n2C)cc1C. The van der Waals surface area contributed by atoms with E-state index >= 15 is 0 Å². The van der Waals surface area contributed by atoms with E-state index in [0.29, 0.717) is 34.5 Å². The molecule has 3 rings (SSSR count). The quantitative estimate of drug-likeness (QED) is 0.382. The van der Waals surface area contributed by atoms with Gasteiger partial charge in [0.15, 0.2) is 11.0 Å². The number of hydrogen-bond acceptors (Lipinski definition) is 7. The number of rotatable bonds is 9. The van der Waals surface area contributed by atoms with E-state index in [1.807, 2.05) is 6.92 Å². The zero-order valence-corrected chi connectivity index (χ0v) is 20.9. The monoisotopic (exact) mass is 502 g/mol. The van der Waals surface area contributed by atoms with Gasteiger partial charge >= 0.3 is 0 Å². The second-order valence-electron chi connectivity index (χ2n) is 7.59. The lowest BCUT2D eigenvalue weighted by Crippen LogP contribution is -2.15. The number of aromatic nitrogens is 3. The van der Waals surface area contributed by atoms with Gasteiger partial charge in [0.25, 0.3) is 0 Å². The summed E-state index contributed by atoms with van der Waals surface area (Å²) in [7, 11) is -1.55. The smallest absolute Gasteiger partial charge is 0.234 e. The number of carbonyl (C=O) groups excluding carboxylic acids is 2. The molecule has 0 saturated heterocycles. The van der Waals surface area contributed by atoms with Gasteiger partial charge in [-0.05, 0) is 55.0 Å². The lowest BCUT2D eigenvalue weighted by molar-refractivity contribution is -0.116. The van der Waals surface area contributed by atoms with Crippen molar-refractivity contribution in [3.05, 3.63) is 48.0 Å². The maximum Gasteiger partial charge on any atom is 0.234 e. The molecule has 0 radical (unpaired) electrons. The Morgan fingerprint density at radius 1 is 1.00 bits per heavy atom. The van der Waals surface area contributed by atoms with E-state index in [-0.39, 0.29) is 17.6 Å². The average molecular weight is 503 g/mol. The van der Waals surface area contributed by atoms with Crippen LogP contribution in [0.3, 0.4) is 0 Å². The average Bonchev–Trinajstić information content (AvgIpc) is 3.14. The van der Waals surface area contributed by atoms with Crippen molar-refractivity contribution in [2.45, 2.75) is 25.4 Å². The Kier molecular flexibility index (Phi) is 7.94. The van der Waals surface area contributed by atoms with Crippen molar-refractivity contribution >= 4 is 50.7 Å². The molecule has 1 aromatic heterocycles. The predicted octanol–water partition coefficient (Wildman–Crippen LogP) is 3.24. The number of benzene rings is 2. The summed E-state index contributed by atoms with van der Waals surface area (Å²) in [5.41, 5.74) is 3.42. The van der Waals surface area contributed by atoms with E-state index in [9.17, 15) is 18.0 Å². The molecule has 0 aliphatic rings. The third-order valence-corrected chi connectivity index (χ3v) is 6.35. The van der Waals surface area contributed by atoms with E-state index in [0.717, 1.165) is 17.4 Å². The first-order valence-corrected chi connectivity index (χ1v) is 13.2. The second-order valence-corrected chi connectivity index (χ2v) is 10.3. The first-order valence-electron chi connectivity index (χ1n) is 10.4. The topological polar surface area (TPSA) is 135 Å². The fourth-order valence-corrected chi connectivity index (χ4v) is 4.32. The van der Waals surface area contributed by atoms with Crippen molar-refractivity contribution in [3.63, 3.8) is 0 Å². The van der Waals surface area contributed by atoms with Gasteiger partial charge in [-0.15, -0.1) is 10.2 Å². The fourth-order valence-electron chi connectivity index (χ4n) is 3.04. The van der Waals surface area contributed by atoms with E-state index in [1.165, 1.54) is 11.8 Å². The molecule has 0 spiro atoms. The lowest BCUT2D eigenvalue weighted by atomic mass is 10.1. The number of nitrogens with one attached hydrogen (secondary N) is 3. The Morgan fingerprint density at radius 3 is 2.29 bits per heavy atom. The van der Waals surface area contributed by atoms with Gasteiger partial charge in [0.1, 0.15) is 0 Å². The lowest BCUT2D eigenvalue weighted by Gasteiger charge is -2.11. The molecular formula is C22H26N6O4S2. The van der Waals surface area contributed by atoms with Crippen LogP contribution < -0.4 is 15.4 Å². The molecule has 3 aromatic rings. The van der Waals surface area contributed by atoms with E-state index in [1.54, 1.807) is 61.0 Å². The van der Waals surface area contributed by atoms with Gasteiger partial charge in [0, 0.05) is 36.1 Å². The fraction of sp³-hybridized carbons (Fsp3) is 0.273. The third kappa shape index (κ3) is 6.81. The summed E-state index contributed by atoms with van der Waals surface area (Å²) in [6.07, 6.45) is 1.48. The van der Waals surface area contributed by atoms with Crippen LogP contribution >= 0.6 is 11.8 Å². The van der Waals surface area contributed by atoms with Crippen molar-refractivity contribution in [1.82, 2.24) is 14.8 Å². The summed E-state index contributed by atoms with van der Waals surface area (Å²) in [6.45, 7) is 3.65. The summed E-state index contributed by atoms with van der Waals surface area (Å²) < 4.78 is 26.9. The Balaban J connectivity index is 1.60. The zero-order chi connectivity index (χ0) is 24.9. The Morgan fingerprint density at radius 2 is 1.68 bits per heavy atom. The predicted molar refractivity (Wildman–Crippen MR) is 134 cm³/mol. The molecule has 0 bridgehead atoms. The van der Waals surface area contributed by atoms with Gasteiger partial charge < -0.3 is 15.2 Å². The molecule has 2 amide bonds. The molecular weight excluding hydrogens is 476 g/mol. The minimum Gasteiger partial charge on any atom is -0.326 e. The van der Waals surface area contributed by atoms with Crippen LogP contribution in [0.25, 0.3) is 11.4 Å². The number of nitrogens with zero attached hydrogens (tertiary/aromatic N) is 3. The first kappa shape index (κ1) is 25.2. The summed E-state index contributed by atoms with van der Waals surface area (Å²) >= 11 is 1.25. The van der Waals surface area contributed by atoms with E-state index < -0.39 is 10.0 Å². The van der Waals surface area contributed by atoms with Crippen molar-refractivity contribution in [3.8, 4) is 11.4 Å². The van der Waals surface area contributed by atoms with E-state index in [4.69, 9.17) is 0 Å². The number of thioether (sulfide) groups is 1. The standard InChI is InChI=1S/C22H26N6O4S2/c1-5-19(29)24-18-11-10-17(12-14(18)2)23-20(30)13-33-22-26-25-21(28(22)3)15-6-8-16(9-7-15)27-34(4,31)32/h6-12,27H,5,13H2,1-4H3,(H,23,30)(H,24,29). The zero-order valence-electron chi connectivity index (χ0n) is 19.2. The largest absolute Gasteiger partial charge is 0.326 e. The van der Waals surface area contributed by atoms with Crippen LogP contribution in [0.4, 0.5) is 17.1 Å². The van der Waals surface area contributed by atoms with Gasteiger partial charge in [0.05, 0.1) is 12.0 Å². The number of aryl methyl sites for hydroxylation is 1. The molecule has 0 unspecified atom stereocenters. The number of sulfonamides is 1. The first-order chi connectivity index (χ1) is 16.1. The molecule has 0 atom stereocenters. The summed E-state index contributed by atoms with van der Waals surface area (Å²) in [6, 6.07) is 12.1. The molecule has 0 aliphatic heterocycles. The Hall–Kier alpha value is -3.38. The maximum absolute atomic E-state index is 12.4. The van der Waals surface area contributed by atoms with Crippen molar-refractivity contribution < 1.29 is 18.0 Å². The summed E-state index contributed by atoms with van der Waals surface area (Å²) in [4.78, 5) is 24.0. The van der Waals surface area contributed by atoms with Crippen LogP contribution in [0.1, 0.15) is 18.9 Å². The molecule has 0 saturated carbocycles. The van der Waals surface area contributed by atoms with Crippen LogP contribution in [0.15, 0.2) is 47.6 Å². The number of hydrogen-bond donors (Lipinski definition) is 3. The molecule has 1 heterocycles. The minimum absolute atomic E-state index is 0.0687. The number of amides is 2. The van der Waals surface area contributed by atoms with Gasteiger partial charge in [-0.2, -0.15) is 0 Å². The molecule has 34 heavy (non-hydrogen) atoms. The summed E-state index contributed by atoms with van der Waals surface area (Å²) in [5, 5.41) is 14.6. The highest BCUT2D eigenvalue weighted by Crippen LogP contribution is 2.25. The van der Waals surface area contributed by atoms with Crippen molar-refractivity contribution in [2.75, 3.05) is 27.4 Å². The maximum atomic E-state index is 12.4. The highest BCUT2D eigenvalue weighted by Gasteiger charge is 2.14. The van der Waals surface area contributed by atoms with Crippen LogP contribution in [0, 0.1) is 6.92 Å². The van der Waals surface area contributed by atoms with Crippen molar-refractivity contribution in [2.24, 2.45) is 7.05 Å². The number of carbonyl (C=O) groups is 2. The van der Waals surface area contributed by atoms with Gasteiger partial charge in [-0.25, -0.2) is 8.42 Å². The molecule has 0 fully saturated rings. The van der Waals surface area contributed by atoms with Crippen LogP contribution in [0.2, 0.25) is 0 Å². The highest BCUT2D eigenvalue weighted by atomic mass is 32.2. The van der Waals surface area contributed by atoms with Gasteiger partial charge in [-0.1, -0.05) is 18.7 Å². The van der Waals surface area contributed by atoms with Crippen LogP contribution in [0.5, 0.6) is 0 Å². The van der Waals surface area contributed by atoms with Crippen LogP contribution in [-0.4, -0.2) is 47.0 Å². The molecule has 2 aromatic carbocycles. The molecule has 0 aliphatic carbocycles. The molecule has 180 valence electrons. The minimum atomic E-state index is -3.35. The normalized spacial score (nSPS) is 11.2. The van der Waals surface area contributed by atoms with E-state index in [2.05, 4.69) is 25.6 Å². The highest BCUT2D eigenvalue weighted by molar-refractivity contribution is 7.99. The Bertz CT molecular complexity index is 1300. The molecule has 3 N–H and O–H groups in total. The van der Waals surface area contributed by atoms with Gasteiger partial charge in [0.2, 0.25) is 21.8 Å². The summed E-state index contributed by atoms with van der Waals surface area (Å²) in [5.74, 6) is 0.460.